The maximum Gasteiger partial charge on any atom is 0.271 e. The quantitative estimate of drug-likeness (QED) is 0.513. The zero-order chi connectivity index (χ0) is 17.2. The highest BCUT2D eigenvalue weighted by molar-refractivity contribution is 5.99. The number of nitrogen functional groups attached to an aromatic ring is 1. The van der Waals surface area contributed by atoms with Gasteiger partial charge in [-0.2, -0.15) is 0 Å². The highest BCUT2D eigenvalue weighted by Crippen LogP contribution is 2.28. The van der Waals surface area contributed by atoms with Crippen LogP contribution in [0.1, 0.15) is 25.0 Å². The number of non-ortho nitro benzene ring substituents is 1. The van der Waals surface area contributed by atoms with E-state index in [0.717, 1.165) is 11.1 Å². The van der Waals surface area contributed by atoms with Gasteiger partial charge in [-0.15, -0.1) is 0 Å². The van der Waals surface area contributed by atoms with Gasteiger partial charge >= 0.3 is 0 Å². The first-order valence-electron chi connectivity index (χ1n) is 7.14. The minimum absolute atomic E-state index is 0.0591. The maximum absolute atomic E-state index is 12.6. The number of amides is 1. The fourth-order valence-corrected chi connectivity index (χ4v) is 2.17. The van der Waals surface area contributed by atoms with Gasteiger partial charge in [-0.05, 0) is 44.0 Å². The third kappa shape index (κ3) is 3.48. The van der Waals surface area contributed by atoms with E-state index in [0.29, 0.717) is 11.4 Å². The van der Waals surface area contributed by atoms with Gasteiger partial charge in [0.1, 0.15) is 0 Å². The monoisotopic (exact) mass is 313 g/mol. The summed E-state index contributed by atoms with van der Waals surface area (Å²) in [5.74, 6) is -0.245. The van der Waals surface area contributed by atoms with Gasteiger partial charge in [0.2, 0.25) is 5.91 Å². The molecule has 120 valence electrons. The van der Waals surface area contributed by atoms with Crippen molar-refractivity contribution < 1.29 is 9.72 Å². The molecule has 0 saturated heterocycles. The number of benzene rings is 2. The standard InChI is InChI=1S/C17H19N3O3/c1-11-4-9-14(20(22)23)10-15(11)19-16(21)17(2,3)12-5-7-13(18)8-6-12/h4-10H,18H2,1-3H3,(H,19,21). The molecule has 6 nitrogen and oxygen atoms in total. The molecule has 6 heteroatoms. The van der Waals surface area contributed by atoms with Crippen LogP contribution in [-0.4, -0.2) is 10.8 Å². The zero-order valence-electron chi connectivity index (χ0n) is 13.3. The molecule has 0 fully saturated rings. The van der Waals surface area contributed by atoms with Crippen LogP contribution < -0.4 is 11.1 Å². The molecule has 2 aromatic rings. The molecule has 0 aliphatic heterocycles. The number of nitro benzene ring substituents is 1. The van der Waals surface area contributed by atoms with E-state index in [4.69, 9.17) is 5.73 Å². The molecule has 0 atom stereocenters. The summed E-state index contributed by atoms with van der Waals surface area (Å²) in [5, 5.41) is 13.7. The second kappa shape index (κ2) is 6.08. The third-order valence-corrected chi connectivity index (χ3v) is 3.88. The Balaban J connectivity index is 2.29. The van der Waals surface area contributed by atoms with Crippen LogP contribution in [0.3, 0.4) is 0 Å². The van der Waals surface area contributed by atoms with E-state index in [1.54, 1.807) is 51.1 Å². The van der Waals surface area contributed by atoms with Gasteiger partial charge in [0.25, 0.3) is 5.69 Å². The third-order valence-electron chi connectivity index (χ3n) is 3.88. The number of nitrogens with zero attached hydrogens (tertiary/aromatic N) is 1. The molecule has 0 aliphatic carbocycles. The predicted octanol–water partition coefficient (Wildman–Crippen LogP) is 3.40. The molecule has 0 radical (unpaired) electrons. The van der Waals surface area contributed by atoms with Crippen LogP contribution in [0.15, 0.2) is 42.5 Å². The normalized spacial score (nSPS) is 11.1. The van der Waals surface area contributed by atoms with Crippen molar-refractivity contribution in [2.75, 3.05) is 11.1 Å². The molecule has 1 amide bonds. The lowest BCUT2D eigenvalue weighted by molar-refractivity contribution is -0.384. The highest BCUT2D eigenvalue weighted by Gasteiger charge is 2.30. The van der Waals surface area contributed by atoms with E-state index >= 15 is 0 Å². The minimum atomic E-state index is -0.801. The zero-order valence-corrected chi connectivity index (χ0v) is 13.3. The van der Waals surface area contributed by atoms with Gasteiger partial charge < -0.3 is 11.1 Å². The first-order chi connectivity index (χ1) is 10.7. The summed E-state index contributed by atoms with van der Waals surface area (Å²) in [7, 11) is 0. The van der Waals surface area contributed by atoms with Crippen molar-refractivity contribution in [3.05, 3.63) is 63.7 Å². The molecule has 23 heavy (non-hydrogen) atoms. The lowest BCUT2D eigenvalue weighted by atomic mass is 9.83. The van der Waals surface area contributed by atoms with Crippen molar-refractivity contribution in [1.29, 1.82) is 0 Å². The number of nitro groups is 1. The van der Waals surface area contributed by atoms with Crippen molar-refractivity contribution in [2.24, 2.45) is 0 Å². The number of nitrogens with two attached hydrogens (primary N) is 1. The van der Waals surface area contributed by atoms with E-state index in [1.165, 1.54) is 12.1 Å². The van der Waals surface area contributed by atoms with Gasteiger partial charge in [0, 0.05) is 17.8 Å². The fourth-order valence-electron chi connectivity index (χ4n) is 2.17. The SMILES string of the molecule is Cc1ccc([N+](=O)[O-])cc1NC(=O)C(C)(C)c1ccc(N)cc1. The van der Waals surface area contributed by atoms with Crippen molar-refractivity contribution >= 4 is 23.0 Å². The Morgan fingerprint density at radius 1 is 1.17 bits per heavy atom. The molecule has 2 aromatic carbocycles. The molecular formula is C17H19N3O3. The summed E-state index contributed by atoms with van der Waals surface area (Å²) in [5.41, 5.74) is 7.45. The minimum Gasteiger partial charge on any atom is -0.399 e. The van der Waals surface area contributed by atoms with Crippen LogP contribution in [0.2, 0.25) is 0 Å². The van der Waals surface area contributed by atoms with Gasteiger partial charge in [0.15, 0.2) is 0 Å². The van der Waals surface area contributed by atoms with E-state index in [1.807, 2.05) is 0 Å². The number of rotatable bonds is 4. The van der Waals surface area contributed by atoms with Gasteiger partial charge in [-0.3, -0.25) is 14.9 Å². The molecule has 0 spiro atoms. The lowest BCUT2D eigenvalue weighted by Gasteiger charge is -2.24. The summed E-state index contributed by atoms with van der Waals surface area (Å²) >= 11 is 0. The fraction of sp³-hybridized carbons (Fsp3) is 0.235. The number of aryl methyl sites for hydroxylation is 1. The molecule has 2 rings (SSSR count). The topological polar surface area (TPSA) is 98.3 Å². The molecule has 0 aliphatic rings. The largest absolute Gasteiger partial charge is 0.399 e. The van der Waals surface area contributed by atoms with Crippen LogP contribution in [0.5, 0.6) is 0 Å². The maximum atomic E-state index is 12.6. The van der Waals surface area contributed by atoms with Crippen molar-refractivity contribution in [1.82, 2.24) is 0 Å². The number of hydrogen-bond acceptors (Lipinski definition) is 4. The molecule has 0 unspecified atom stereocenters. The molecule has 0 saturated carbocycles. The van der Waals surface area contributed by atoms with Crippen LogP contribution in [0.4, 0.5) is 17.1 Å². The number of carbonyl (C=O) groups is 1. The Hall–Kier alpha value is -2.89. The molecule has 0 aromatic heterocycles. The van der Waals surface area contributed by atoms with E-state index < -0.39 is 10.3 Å². The number of carbonyl (C=O) groups excluding carboxylic acids is 1. The van der Waals surface area contributed by atoms with E-state index in [2.05, 4.69) is 5.32 Å². The number of nitrogens with one attached hydrogen (secondary N) is 1. The van der Waals surface area contributed by atoms with Gasteiger partial charge in [0.05, 0.1) is 16.0 Å². The van der Waals surface area contributed by atoms with Crippen LogP contribution in [0, 0.1) is 17.0 Å². The van der Waals surface area contributed by atoms with Crippen LogP contribution >= 0.6 is 0 Å². The van der Waals surface area contributed by atoms with Crippen molar-refractivity contribution in [3.63, 3.8) is 0 Å². The average molecular weight is 313 g/mol. The molecular weight excluding hydrogens is 294 g/mol. The predicted molar refractivity (Wildman–Crippen MR) is 90.3 cm³/mol. The van der Waals surface area contributed by atoms with Crippen molar-refractivity contribution in [3.8, 4) is 0 Å². The van der Waals surface area contributed by atoms with E-state index in [9.17, 15) is 14.9 Å². The summed E-state index contributed by atoms with van der Waals surface area (Å²) in [6.45, 7) is 5.37. The van der Waals surface area contributed by atoms with Crippen molar-refractivity contribution in [2.45, 2.75) is 26.2 Å². The number of anilines is 2. The first-order valence-corrected chi connectivity index (χ1v) is 7.14. The smallest absolute Gasteiger partial charge is 0.271 e. The first kappa shape index (κ1) is 16.5. The Morgan fingerprint density at radius 2 is 1.78 bits per heavy atom. The summed E-state index contributed by atoms with van der Waals surface area (Å²) < 4.78 is 0. The van der Waals surface area contributed by atoms with Gasteiger partial charge in [-0.1, -0.05) is 18.2 Å². The average Bonchev–Trinajstić information content (AvgIpc) is 2.49. The second-order valence-corrected chi connectivity index (χ2v) is 5.96. The highest BCUT2D eigenvalue weighted by atomic mass is 16.6. The van der Waals surface area contributed by atoms with Crippen LogP contribution in [-0.2, 0) is 10.2 Å². The summed E-state index contributed by atoms with van der Waals surface area (Å²) in [4.78, 5) is 23.0. The summed E-state index contributed by atoms with van der Waals surface area (Å²) in [6.07, 6.45) is 0. The second-order valence-electron chi connectivity index (χ2n) is 5.96. The summed E-state index contributed by atoms with van der Waals surface area (Å²) in [6, 6.07) is 11.5. The Labute approximate surface area is 134 Å². The van der Waals surface area contributed by atoms with Gasteiger partial charge in [-0.25, -0.2) is 0 Å². The van der Waals surface area contributed by atoms with Crippen LogP contribution in [0.25, 0.3) is 0 Å². The lowest BCUT2D eigenvalue weighted by Crippen LogP contribution is -2.34. The molecule has 3 N–H and O–H groups in total. The Kier molecular flexibility index (Phi) is 4.36. The molecule has 0 bridgehead atoms. The Morgan fingerprint density at radius 3 is 2.35 bits per heavy atom. The number of hydrogen-bond donors (Lipinski definition) is 2. The Bertz CT molecular complexity index is 752. The van der Waals surface area contributed by atoms with E-state index in [-0.39, 0.29) is 11.6 Å². The molecule has 0 heterocycles.